The second-order valence-corrected chi connectivity index (χ2v) is 7.76. The van der Waals surface area contributed by atoms with E-state index >= 15 is 0 Å². The number of carbonyl (C=O) groups excluding carboxylic acids is 1. The first-order chi connectivity index (χ1) is 12.2. The largest absolute Gasteiger partial charge is 0.463 e. The number of esters is 1. The molecule has 0 amide bonds. The molecule has 2 fully saturated rings. The monoisotopic (exact) mass is 347 g/mol. The number of ether oxygens (including phenoxy) is 2. The predicted octanol–water partition coefficient (Wildman–Crippen LogP) is 5.09. The van der Waals surface area contributed by atoms with Gasteiger partial charge in [-0.1, -0.05) is 32.6 Å². The van der Waals surface area contributed by atoms with Crippen molar-refractivity contribution in [2.24, 2.45) is 5.92 Å². The van der Waals surface area contributed by atoms with E-state index in [4.69, 9.17) is 9.47 Å². The van der Waals surface area contributed by atoms with Gasteiger partial charge in [0.15, 0.2) is 0 Å². The fourth-order valence-corrected chi connectivity index (χ4v) is 3.77. The minimum atomic E-state index is -0.0500. The lowest BCUT2D eigenvalue weighted by atomic mass is 9.83. The van der Waals surface area contributed by atoms with Crippen LogP contribution in [0.5, 0.6) is 0 Å². The average molecular weight is 347 g/mol. The van der Waals surface area contributed by atoms with E-state index < -0.39 is 0 Å². The summed E-state index contributed by atoms with van der Waals surface area (Å²) >= 11 is 0. The van der Waals surface area contributed by atoms with Gasteiger partial charge in [-0.3, -0.25) is 4.79 Å². The first-order valence-electron chi connectivity index (χ1n) is 10.2. The van der Waals surface area contributed by atoms with Crippen molar-refractivity contribution in [3.63, 3.8) is 0 Å². The summed E-state index contributed by atoms with van der Waals surface area (Å²) in [5.41, 5.74) is 2.49. The minimum Gasteiger partial charge on any atom is -0.463 e. The average Bonchev–Trinajstić information content (AvgIpc) is 3.22. The zero-order valence-electron chi connectivity index (χ0n) is 15.6. The predicted molar refractivity (Wildman–Crippen MR) is 98.4 cm³/mol. The van der Waals surface area contributed by atoms with E-state index in [9.17, 15) is 4.79 Å². The van der Waals surface area contributed by atoms with Crippen LogP contribution in [0.2, 0.25) is 0 Å². The highest BCUT2D eigenvalue weighted by Crippen LogP contribution is 2.33. The molecule has 1 aromatic heterocycles. The zero-order valence-corrected chi connectivity index (χ0v) is 15.6. The quantitative estimate of drug-likeness (QED) is 0.474. The molecule has 2 aliphatic rings. The maximum atomic E-state index is 11.8. The molecule has 1 N–H and O–H groups in total. The number of carbonyl (C=O) groups is 1. The number of nitrogens with one attached hydrogen (secondary N) is 1. The van der Waals surface area contributed by atoms with Gasteiger partial charge in [0.25, 0.3) is 0 Å². The van der Waals surface area contributed by atoms with Crippen LogP contribution in [-0.2, 0) is 20.7 Å². The smallest absolute Gasteiger partial charge is 0.306 e. The molecular formula is C21H33NO3. The lowest BCUT2D eigenvalue weighted by molar-refractivity contribution is -0.149. The Bertz CT molecular complexity index is 535. The maximum Gasteiger partial charge on any atom is 0.306 e. The van der Waals surface area contributed by atoms with Gasteiger partial charge in [-0.15, -0.1) is 0 Å². The fourth-order valence-electron chi connectivity index (χ4n) is 3.77. The lowest BCUT2D eigenvalue weighted by Crippen LogP contribution is -2.22. The maximum absolute atomic E-state index is 11.8. The molecule has 2 unspecified atom stereocenters. The summed E-state index contributed by atoms with van der Waals surface area (Å²) in [7, 11) is 0. The fraction of sp³-hybridized carbons (Fsp3) is 0.762. The highest BCUT2D eigenvalue weighted by molar-refractivity contribution is 5.69. The summed E-state index contributed by atoms with van der Waals surface area (Å²) in [6.45, 7) is 2.65. The van der Waals surface area contributed by atoms with E-state index in [2.05, 4.69) is 24.0 Å². The molecule has 1 saturated carbocycles. The summed E-state index contributed by atoms with van der Waals surface area (Å²) < 4.78 is 11.5. The minimum absolute atomic E-state index is 0.0478. The number of aryl methyl sites for hydroxylation is 1. The van der Waals surface area contributed by atoms with Crippen molar-refractivity contribution in [1.82, 2.24) is 4.98 Å². The summed E-state index contributed by atoms with van der Waals surface area (Å²) in [6, 6.07) is 4.35. The zero-order chi connectivity index (χ0) is 17.5. The van der Waals surface area contributed by atoms with Crippen LogP contribution < -0.4 is 0 Å². The summed E-state index contributed by atoms with van der Waals surface area (Å²) in [4.78, 5) is 15.3. The van der Waals surface area contributed by atoms with Gasteiger partial charge < -0.3 is 14.5 Å². The number of rotatable bonds is 10. The standard InChI is InChI=1S/C21H33NO3/c1-2-3-4-5-9-17-10-12-19(22-17)20-13-11-18(25-20)15-24-21(23)14-16-7-6-8-16/h10,12,16,18,20,22H,2-9,11,13-15H2,1H3. The molecule has 4 nitrogen and oxygen atoms in total. The van der Waals surface area contributed by atoms with Gasteiger partial charge in [0.1, 0.15) is 6.61 Å². The summed E-state index contributed by atoms with van der Waals surface area (Å²) in [6.07, 6.45) is 12.6. The molecule has 3 rings (SSSR count). The third kappa shape index (κ3) is 5.60. The third-order valence-corrected chi connectivity index (χ3v) is 5.63. The van der Waals surface area contributed by atoms with Crippen molar-refractivity contribution in [3.8, 4) is 0 Å². The molecule has 1 saturated heterocycles. The first kappa shape index (κ1) is 18.5. The molecule has 1 aromatic rings. The van der Waals surface area contributed by atoms with E-state index in [0.29, 0.717) is 18.9 Å². The number of H-pyrrole nitrogens is 1. The van der Waals surface area contributed by atoms with Gasteiger partial charge in [0, 0.05) is 17.8 Å². The van der Waals surface area contributed by atoms with Crippen molar-refractivity contribution in [2.45, 2.75) is 89.8 Å². The van der Waals surface area contributed by atoms with E-state index in [1.807, 2.05) is 0 Å². The molecule has 1 aliphatic carbocycles. The molecule has 0 radical (unpaired) electrons. The van der Waals surface area contributed by atoms with Crippen LogP contribution in [0.15, 0.2) is 12.1 Å². The Morgan fingerprint density at radius 3 is 2.84 bits per heavy atom. The van der Waals surface area contributed by atoms with Crippen LogP contribution in [0.4, 0.5) is 0 Å². The Kier molecular flexibility index (Phi) is 6.97. The molecule has 2 heterocycles. The Morgan fingerprint density at radius 1 is 1.20 bits per heavy atom. The molecule has 1 aliphatic heterocycles. The number of aromatic amines is 1. The van der Waals surface area contributed by atoms with Crippen LogP contribution in [0.3, 0.4) is 0 Å². The number of unbranched alkanes of at least 4 members (excludes halogenated alkanes) is 3. The summed E-state index contributed by atoms with van der Waals surface area (Å²) in [5.74, 6) is 0.519. The number of hydrogen-bond acceptors (Lipinski definition) is 3. The lowest BCUT2D eigenvalue weighted by Gasteiger charge is -2.24. The normalized spacial score (nSPS) is 23.6. The molecule has 0 bridgehead atoms. The molecule has 0 aromatic carbocycles. The van der Waals surface area contributed by atoms with Gasteiger partial charge in [-0.2, -0.15) is 0 Å². The van der Waals surface area contributed by atoms with Crippen molar-refractivity contribution in [3.05, 3.63) is 23.5 Å². The van der Waals surface area contributed by atoms with Crippen molar-refractivity contribution in [1.29, 1.82) is 0 Å². The Labute approximate surface area is 151 Å². The topological polar surface area (TPSA) is 51.3 Å². The van der Waals surface area contributed by atoms with E-state index in [0.717, 1.165) is 19.3 Å². The van der Waals surface area contributed by atoms with Gasteiger partial charge in [-0.05, 0) is 56.6 Å². The number of hydrogen-bond donors (Lipinski definition) is 1. The van der Waals surface area contributed by atoms with E-state index in [1.54, 1.807) is 0 Å². The molecule has 25 heavy (non-hydrogen) atoms. The van der Waals surface area contributed by atoms with Gasteiger partial charge in [-0.25, -0.2) is 0 Å². The van der Waals surface area contributed by atoms with E-state index in [1.165, 1.54) is 56.3 Å². The second-order valence-electron chi connectivity index (χ2n) is 7.76. The highest BCUT2D eigenvalue weighted by atomic mass is 16.6. The van der Waals surface area contributed by atoms with E-state index in [-0.39, 0.29) is 18.2 Å². The number of aromatic nitrogens is 1. The molecule has 0 spiro atoms. The Balaban J connectivity index is 1.35. The van der Waals surface area contributed by atoms with Crippen molar-refractivity contribution >= 4 is 5.97 Å². The SMILES string of the molecule is CCCCCCc1ccc(C2CCC(COC(=O)CC3CCC3)O2)[nH]1. The van der Waals surface area contributed by atoms with Gasteiger partial charge in [0.2, 0.25) is 0 Å². The molecule has 140 valence electrons. The van der Waals surface area contributed by atoms with Crippen LogP contribution >= 0.6 is 0 Å². The molecule has 2 atom stereocenters. The second kappa shape index (κ2) is 9.42. The van der Waals surface area contributed by atoms with Crippen LogP contribution in [0, 0.1) is 5.92 Å². The molecule has 4 heteroatoms. The van der Waals surface area contributed by atoms with Crippen LogP contribution in [0.1, 0.15) is 88.6 Å². The Hall–Kier alpha value is -1.29. The summed E-state index contributed by atoms with van der Waals surface area (Å²) in [5, 5.41) is 0. The van der Waals surface area contributed by atoms with Crippen LogP contribution in [-0.4, -0.2) is 23.7 Å². The van der Waals surface area contributed by atoms with Gasteiger partial charge >= 0.3 is 5.97 Å². The van der Waals surface area contributed by atoms with Crippen molar-refractivity contribution < 1.29 is 14.3 Å². The van der Waals surface area contributed by atoms with Crippen LogP contribution in [0.25, 0.3) is 0 Å². The van der Waals surface area contributed by atoms with Crippen molar-refractivity contribution in [2.75, 3.05) is 6.61 Å². The Morgan fingerprint density at radius 2 is 2.08 bits per heavy atom. The molecular weight excluding hydrogens is 314 g/mol. The first-order valence-corrected chi connectivity index (χ1v) is 10.2. The third-order valence-electron chi connectivity index (χ3n) is 5.63. The van der Waals surface area contributed by atoms with Gasteiger partial charge in [0.05, 0.1) is 12.2 Å². The highest BCUT2D eigenvalue weighted by Gasteiger charge is 2.29.